The summed E-state index contributed by atoms with van der Waals surface area (Å²) in [5.74, 6) is -1.19. The predicted octanol–water partition coefficient (Wildman–Crippen LogP) is 6.45. The molecule has 1 N–H and O–H groups in total. The Hall–Kier alpha value is -3.32. The number of carbonyl (C=O) groups is 3. The van der Waals surface area contributed by atoms with Crippen molar-refractivity contribution >= 4 is 64.4 Å². The molecule has 0 bridgehead atoms. The highest BCUT2D eigenvalue weighted by atomic mass is 35.5. The van der Waals surface area contributed by atoms with E-state index in [9.17, 15) is 14.4 Å². The Morgan fingerprint density at radius 3 is 2.37 bits per heavy atom. The van der Waals surface area contributed by atoms with Gasteiger partial charge in [0.2, 0.25) is 0 Å². The number of ether oxygens (including phenoxy) is 1. The number of hydrogen-bond donors (Lipinski definition) is 1. The molecule has 178 valence electrons. The first kappa shape index (κ1) is 24.8. The third-order valence-corrected chi connectivity index (χ3v) is 6.21. The van der Waals surface area contributed by atoms with Crippen molar-refractivity contribution in [1.29, 1.82) is 0 Å². The first-order valence-electron chi connectivity index (χ1n) is 10.6. The summed E-state index contributed by atoms with van der Waals surface area (Å²) in [6.45, 7) is 2.03. The number of para-hydroxylation sites is 1. The molecule has 0 aliphatic carbocycles. The van der Waals surface area contributed by atoms with E-state index in [4.69, 9.17) is 39.5 Å². The molecule has 1 aliphatic rings. The summed E-state index contributed by atoms with van der Waals surface area (Å²) in [5, 5.41) is 3.56. The minimum absolute atomic E-state index is 0.114. The number of rotatable bonds is 6. The van der Waals surface area contributed by atoms with E-state index in [0.29, 0.717) is 44.1 Å². The molecule has 3 aromatic carbocycles. The molecule has 0 radical (unpaired) electrons. The Kier molecular flexibility index (Phi) is 7.45. The molecule has 1 heterocycles. The SMILES string of the molecule is CCc1ccccc1N1C(=O)NC(=O)/C(=C/c2cc(Cl)ccc2OCc2ccc(Cl)cc2Cl)C1=O. The van der Waals surface area contributed by atoms with E-state index < -0.39 is 17.8 Å². The number of urea groups is 1. The highest BCUT2D eigenvalue weighted by Crippen LogP contribution is 2.30. The monoisotopic (exact) mass is 528 g/mol. The second kappa shape index (κ2) is 10.5. The van der Waals surface area contributed by atoms with E-state index in [1.807, 2.05) is 19.1 Å². The number of amides is 4. The van der Waals surface area contributed by atoms with E-state index in [2.05, 4.69) is 5.32 Å². The Bertz CT molecular complexity index is 1370. The molecule has 0 aromatic heterocycles. The molecule has 0 spiro atoms. The van der Waals surface area contributed by atoms with Crippen LogP contribution in [-0.2, 0) is 22.6 Å². The molecule has 4 rings (SSSR count). The number of anilines is 1. The van der Waals surface area contributed by atoms with Crippen molar-refractivity contribution in [1.82, 2.24) is 5.32 Å². The summed E-state index contributed by atoms with van der Waals surface area (Å²) in [7, 11) is 0. The van der Waals surface area contributed by atoms with Crippen LogP contribution in [0.25, 0.3) is 6.08 Å². The standard InChI is InChI=1S/C26H19Cl3N2O4/c1-2-15-5-3-4-6-22(15)31-25(33)20(24(32)30-26(31)34)12-17-11-18(27)9-10-23(17)35-14-16-7-8-19(28)13-21(16)29/h3-13H,2,14H2,1H3,(H,30,32,34)/b20-12-. The predicted molar refractivity (Wildman–Crippen MR) is 137 cm³/mol. The van der Waals surface area contributed by atoms with Crippen molar-refractivity contribution in [2.45, 2.75) is 20.0 Å². The van der Waals surface area contributed by atoms with Gasteiger partial charge in [0.05, 0.1) is 5.69 Å². The zero-order valence-corrected chi connectivity index (χ0v) is 20.7. The van der Waals surface area contributed by atoms with E-state index in [1.165, 1.54) is 6.08 Å². The van der Waals surface area contributed by atoms with E-state index in [1.54, 1.807) is 48.5 Å². The molecular formula is C26H19Cl3N2O4. The van der Waals surface area contributed by atoms with Crippen LogP contribution in [0, 0.1) is 0 Å². The number of nitrogens with one attached hydrogen (secondary N) is 1. The van der Waals surface area contributed by atoms with Gasteiger partial charge in [-0.15, -0.1) is 0 Å². The van der Waals surface area contributed by atoms with Gasteiger partial charge in [-0.2, -0.15) is 0 Å². The van der Waals surface area contributed by atoms with Crippen molar-refractivity contribution in [2.24, 2.45) is 0 Å². The molecular weight excluding hydrogens is 511 g/mol. The Balaban J connectivity index is 1.69. The largest absolute Gasteiger partial charge is 0.488 e. The molecule has 1 aliphatic heterocycles. The van der Waals surface area contributed by atoms with Crippen LogP contribution in [0.15, 0.2) is 66.2 Å². The lowest BCUT2D eigenvalue weighted by Crippen LogP contribution is -2.54. The zero-order chi connectivity index (χ0) is 25.1. The van der Waals surface area contributed by atoms with Crippen LogP contribution in [0.5, 0.6) is 5.75 Å². The molecule has 1 saturated heterocycles. The van der Waals surface area contributed by atoms with Gasteiger partial charge in [-0.25, -0.2) is 9.69 Å². The van der Waals surface area contributed by atoms with Gasteiger partial charge in [-0.1, -0.05) is 66.0 Å². The van der Waals surface area contributed by atoms with E-state index in [0.717, 1.165) is 10.5 Å². The van der Waals surface area contributed by atoms with Gasteiger partial charge in [-0.3, -0.25) is 14.9 Å². The van der Waals surface area contributed by atoms with Gasteiger partial charge in [0.1, 0.15) is 17.9 Å². The Labute approximate surface area is 217 Å². The van der Waals surface area contributed by atoms with Gasteiger partial charge in [0.15, 0.2) is 0 Å². The molecule has 3 aromatic rings. The fourth-order valence-electron chi connectivity index (χ4n) is 3.62. The minimum atomic E-state index is -0.808. The second-order valence-electron chi connectivity index (χ2n) is 7.65. The average molecular weight is 530 g/mol. The minimum Gasteiger partial charge on any atom is -0.488 e. The summed E-state index contributed by atoms with van der Waals surface area (Å²) in [5.41, 5.74) is 2.06. The number of barbiturate groups is 1. The fourth-order valence-corrected chi connectivity index (χ4v) is 4.26. The molecule has 35 heavy (non-hydrogen) atoms. The van der Waals surface area contributed by atoms with Crippen molar-refractivity contribution in [2.75, 3.05) is 4.90 Å². The van der Waals surface area contributed by atoms with Crippen LogP contribution >= 0.6 is 34.8 Å². The van der Waals surface area contributed by atoms with Gasteiger partial charge in [0.25, 0.3) is 11.8 Å². The maximum Gasteiger partial charge on any atom is 0.335 e. The van der Waals surface area contributed by atoms with Gasteiger partial charge in [0, 0.05) is 26.2 Å². The van der Waals surface area contributed by atoms with Crippen LogP contribution in [0.1, 0.15) is 23.6 Å². The van der Waals surface area contributed by atoms with Crippen LogP contribution in [-0.4, -0.2) is 17.8 Å². The Morgan fingerprint density at radius 1 is 0.914 bits per heavy atom. The molecule has 6 nitrogen and oxygen atoms in total. The number of halogens is 3. The number of carbonyl (C=O) groups excluding carboxylic acids is 3. The molecule has 0 atom stereocenters. The van der Waals surface area contributed by atoms with E-state index >= 15 is 0 Å². The quantitative estimate of drug-likeness (QED) is 0.294. The highest BCUT2D eigenvalue weighted by molar-refractivity contribution is 6.39. The first-order chi connectivity index (χ1) is 16.8. The molecule has 9 heteroatoms. The summed E-state index contributed by atoms with van der Waals surface area (Å²) < 4.78 is 5.93. The number of nitrogens with zero attached hydrogens (tertiary/aromatic N) is 1. The molecule has 1 fully saturated rings. The lowest BCUT2D eigenvalue weighted by molar-refractivity contribution is -0.122. The van der Waals surface area contributed by atoms with Crippen LogP contribution in [0.4, 0.5) is 10.5 Å². The average Bonchev–Trinajstić information content (AvgIpc) is 2.82. The van der Waals surface area contributed by atoms with Gasteiger partial charge < -0.3 is 4.74 Å². The summed E-state index contributed by atoms with van der Waals surface area (Å²) in [4.78, 5) is 39.6. The van der Waals surface area contributed by atoms with Crippen molar-refractivity contribution in [3.8, 4) is 5.75 Å². The first-order valence-corrected chi connectivity index (χ1v) is 11.8. The van der Waals surface area contributed by atoms with Crippen molar-refractivity contribution in [3.05, 3.63) is 98.0 Å². The zero-order valence-electron chi connectivity index (χ0n) is 18.5. The normalized spacial score (nSPS) is 14.9. The van der Waals surface area contributed by atoms with Crippen molar-refractivity contribution < 1.29 is 19.1 Å². The topological polar surface area (TPSA) is 75.7 Å². The highest BCUT2D eigenvalue weighted by Gasteiger charge is 2.37. The second-order valence-corrected chi connectivity index (χ2v) is 8.93. The molecule has 0 saturated carbocycles. The molecule has 4 amide bonds. The number of aryl methyl sites for hydroxylation is 1. The third kappa shape index (κ3) is 5.35. The van der Waals surface area contributed by atoms with Crippen molar-refractivity contribution in [3.63, 3.8) is 0 Å². The lowest BCUT2D eigenvalue weighted by atomic mass is 10.0. The van der Waals surface area contributed by atoms with Gasteiger partial charge in [-0.05, 0) is 54.5 Å². The van der Waals surface area contributed by atoms with Crippen LogP contribution in [0.2, 0.25) is 15.1 Å². The smallest absolute Gasteiger partial charge is 0.335 e. The Morgan fingerprint density at radius 2 is 1.63 bits per heavy atom. The maximum absolute atomic E-state index is 13.3. The number of benzene rings is 3. The van der Waals surface area contributed by atoms with Gasteiger partial charge >= 0.3 is 6.03 Å². The fraction of sp³-hybridized carbons (Fsp3) is 0.115. The summed E-state index contributed by atoms with van der Waals surface area (Å²) in [6, 6.07) is 16.1. The molecule has 0 unspecified atom stereocenters. The van der Waals surface area contributed by atoms with E-state index in [-0.39, 0.29) is 12.2 Å². The summed E-state index contributed by atoms with van der Waals surface area (Å²) >= 11 is 18.4. The third-order valence-electron chi connectivity index (χ3n) is 5.39. The maximum atomic E-state index is 13.3. The van der Waals surface area contributed by atoms with Crippen LogP contribution in [0.3, 0.4) is 0 Å². The number of hydrogen-bond acceptors (Lipinski definition) is 4. The number of imide groups is 2. The summed E-state index contributed by atoms with van der Waals surface area (Å²) in [6.07, 6.45) is 1.95. The van der Waals surface area contributed by atoms with Crippen LogP contribution < -0.4 is 15.0 Å². The lowest BCUT2D eigenvalue weighted by Gasteiger charge is -2.28.